The number of aryl methyl sites for hydroxylation is 1. The zero-order chi connectivity index (χ0) is 22.7. The molecule has 1 saturated heterocycles. The normalized spacial score (nSPS) is 16.4. The van der Waals surface area contributed by atoms with Crippen molar-refractivity contribution < 1.29 is 8.42 Å². The fraction of sp³-hybridized carbons (Fsp3) is 0.435. The zero-order valence-electron chi connectivity index (χ0n) is 18.8. The fourth-order valence-electron chi connectivity index (χ4n) is 4.28. The van der Waals surface area contributed by atoms with Gasteiger partial charge in [-0.15, -0.1) is 5.10 Å². The number of nitrogens with zero attached hydrogens (tertiary/aromatic N) is 6. The lowest BCUT2D eigenvalue weighted by atomic mass is 10.0. The number of hydrogen-bond acceptors (Lipinski definition) is 7. The highest BCUT2D eigenvalue weighted by atomic mass is 32.2. The highest BCUT2D eigenvalue weighted by Gasteiger charge is 2.32. The molecule has 1 unspecified atom stereocenters. The van der Waals surface area contributed by atoms with Gasteiger partial charge in [0, 0.05) is 31.9 Å². The average molecular weight is 455 g/mol. The molecule has 1 atom stereocenters. The number of benzene rings is 2. The summed E-state index contributed by atoms with van der Waals surface area (Å²) in [4.78, 5) is 5.02. The molecule has 0 spiro atoms. The van der Waals surface area contributed by atoms with Crippen LogP contribution in [0.1, 0.15) is 31.3 Å². The van der Waals surface area contributed by atoms with E-state index >= 15 is 0 Å². The van der Waals surface area contributed by atoms with Crippen LogP contribution >= 0.6 is 0 Å². The van der Waals surface area contributed by atoms with Crippen LogP contribution in [0.5, 0.6) is 0 Å². The van der Waals surface area contributed by atoms with E-state index in [0.29, 0.717) is 5.82 Å². The topological polar surface area (TPSA) is 84.2 Å². The van der Waals surface area contributed by atoms with Gasteiger partial charge in [0.05, 0.1) is 10.9 Å². The Bertz CT molecular complexity index is 1120. The van der Waals surface area contributed by atoms with Gasteiger partial charge in [-0.3, -0.25) is 4.90 Å². The number of anilines is 1. The summed E-state index contributed by atoms with van der Waals surface area (Å²) in [7, 11) is -3.56. The maximum atomic E-state index is 13.0. The maximum Gasteiger partial charge on any atom is 0.198 e. The minimum Gasteiger partial charge on any atom is -0.369 e. The molecular formula is C23H30N6O2S. The van der Waals surface area contributed by atoms with Crippen molar-refractivity contribution in [2.75, 3.05) is 31.1 Å². The van der Waals surface area contributed by atoms with Crippen LogP contribution in [0.25, 0.3) is 0 Å². The molecule has 0 amide bonds. The molecule has 3 aromatic rings. The molecule has 170 valence electrons. The summed E-state index contributed by atoms with van der Waals surface area (Å²) in [6.07, 6.45) is 0. The summed E-state index contributed by atoms with van der Waals surface area (Å²) >= 11 is 0. The van der Waals surface area contributed by atoms with Crippen LogP contribution in [0.4, 0.5) is 5.69 Å². The summed E-state index contributed by atoms with van der Waals surface area (Å²) in [6, 6.07) is 17.2. The van der Waals surface area contributed by atoms with Gasteiger partial charge in [-0.05, 0) is 47.5 Å². The van der Waals surface area contributed by atoms with Crippen molar-refractivity contribution in [1.29, 1.82) is 0 Å². The Morgan fingerprint density at radius 3 is 2.22 bits per heavy atom. The van der Waals surface area contributed by atoms with E-state index in [2.05, 4.69) is 63.4 Å². The molecule has 4 rings (SSSR count). The molecule has 0 radical (unpaired) electrons. The molecule has 0 aliphatic carbocycles. The maximum absolute atomic E-state index is 13.0. The van der Waals surface area contributed by atoms with E-state index in [0.717, 1.165) is 31.7 Å². The largest absolute Gasteiger partial charge is 0.369 e. The number of tetrazole rings is 1. The van der Waals surface area contributed by atoms with E-state index in [4.69, 9.17) is 0 Å². The van der Waals surface area contributed by atoms with Crippen molar-refractivity contribution >= 4 is 15.5 Å². The number of para-hydroxylation sites is 1. The summed E-state index contributed by atoms with van der Waals surface area (Å²) in [5.74, 6) is 0.556. The Labute approximate surface area is 189 Å². The Kier molecular flexibility index (Phi) is 6.57. The predicted molar refractivity (Wildman–Crippen MR) is 124 cm³/mol. The van der Waals surface area contributed by atoms with Gasteiger partial charge in [0.1, 0.15) is 0 Å². The predicted octanol–water partition coefficient (Wildman–Crippen LogP) is 2.93. The number of rotatable bonds is 7. The van der Waals surface area contributed by atoms with Crippen LogP contribution in [0, 0.1) is 12.8 Å². The molecule has 1 aliphatic rings. The third-order valence-electron chi connectivity index (χ3n) is 5.96. The first kappa shape index (κ1) is 22.4. The van der Waals surface area contributed by atoms with Crippen LogP contribution in [-0.4, -0.2) is 59.7 Å². The van der Waals surface area contributed by atoms with E-state index in [1.807, 2.05) is 13.0 Å². The van der Waals surface area contributed by atoms with E-state index in [1.165, 1.54) is 10.4 Å². The lowest BCUT2D eigenvalue weighted by molar-refractivity contribution is 0.135. The third-order valence-corrected chi connectivity index (χ3v) is 7.53. The summed E-state index contributed by atoms with van der Waals surface area (Å²) in [5.41, 5.74) is 2.24. The third kappa shape index (κ3) is 4.83. The van der Waals surface area contributed by atoms with Gasteiger partial charge in [-0.1, -0.05) is 49.7 Å². The Hall–Kier alpha value is -2.78. The molecule has 32 heavy (non-hydrogen) atoms. The smallest absolute Gasteiger partial charge is 0.198 e. The average Bonchev–Trinajstić information content (AvgIpc) is 3.22. The van der Waals surface area contributed by atoms with Crippen LogP contribution in [0.3, 0.4) is 0 Å². The lowest BCUT2D eigenvalue weighted by Crippen LogP contribution is -2.49. The van der Waals surface area contributed by atoms with Gasteiger partial charge < -0.3 is 4.90 Å². The molecule has 0 N–H and O–H groups in total. The summed E-state index contributed by atoms with van der Waals surface area (Å²) in [5, 5.41) is 12.1. The van der Waals surface area contributed by atoms with Crippen molar-refractivity contribution in [1.82, 2.24) is 25.1 Å². The van der Waals surface area contributed by atoms with E-state index in [1.54, 1.807) is 24.3 Å². The van der Waals surface area contributed by atoms with Crippen LogP contribution < -0.4 is 4.90 Å². The minimum atomic E-state index is -3.56. The monoisotopic (exact) mass is 454 g/mol. The second kappa shape index (κ2) is 9.38. The Balaban J connectivity index is 1.52. The first-order valence-electron chi connectivity index (χ1n) is 10.9. The molecule has 1 fully saturated rings. The second-order valence-electron chi connectivity index (χ2n) is 8.64. The fourth-order valence-corrected chi connectivity index (χ4v) is 5.48. The van der Waals surface area contributed by atoms with Crippen molar-refractivity contribution in [2.24, 2.45) is 5.92 Å². The number of sulfone groups is 1. The van der Waals surface area contributed by atoms with E-state index in [9.17, 15) is 8.42 Å². The zero-order valence-corrected chi connectivity index (χ0v) is 19.6. The summed E-state index contributed by atoms with van der Waals surface area (Å²) < 4.78 is 27.4. The molecule has 9 heteroatoms. The lowest BCUT2D eigenvalue weighted by Gasteiger charge is -2.41. The van der Waals surface area contributed by atoms with Crippen molar-refractivity contribution in [3.63, 3.8) is 0 Å². The van der Waals surface area contributed by atoms with E-state index in [-0.39, 0.29) is 22.7 Å². The standard InChI is InChI=1S/C23H30N6O2S/c1-18(2)22(28-15-13-27(14-16-28)20-7-5-4-6-8-20)23-24-25-26-29(23)17-32(30,31)21-11-9-19(3)10-12-21/h4-12,18,22H,13-17H2,1-3H3. The Morgan fingerprint density at radius 2 is 1.59 bits per heavy atom. The molecule has 1 aliphatic heterocycles. The van der Waals surface area contributed by atoms with Crippen LogP contribution in [-0.2, 0) is 15.7 Å². The molecule has 0 bridgehead atoms. The van der Waals surface area contributed by atoms with Crippen molar-refractivity contribution in [3.8, 4) is 0 Å². The highest BCUT2D eigenvalue weighted by molar-refractivity contribution is 7.90. The first-order valence-corrected chi connectivity index (χ1v) is 12.6. The van der Waals surface area contributed by atoms with Gasteiger partial charge in [0.15, 0.2) is 21.5 Å². The molecule has 2 heterocycles. The molecular weight excluding hydrogens is 424 g/mol. The van der Waals surface area contributed by atoms with Gasteiger partial charge in [0.25, 0.3) is 0 Å². The molecule has 0 saturated carbocycles. The molecule has 2 aromatic carbocycles. The van der Waals surface area contributed by atoms with Crippen molar-refractivity contribution in [3.05, 3.63) is 66.0 Å². The molecule has 8 nitrogen and oxygen atoms in total. The molecule has 1 aromatic heterocycles. The van der Waals surface area contributed by atoms with Crippen molar-refractivity contribution in [2.45, 2.75) is 37.6 Å². The van der Waals surface area contributed by atoms with Gasteiger partial charge in [0.2, 0.25) is 0 Å². The summed E-state index contributed by atoms with van der Waals surface area (Å²) in [6.45, 7) is 9.70. The number of aromatic nitrogens is 4. The van der Waals surface area contributed by atoms with Crippen LogP contribution in [0.2, 0.25) is 0 Å². The first-order chi connectivity index (χ1) is 15.3. The number of piperazine rings is 1. The SMILES string of the molecule is Cc1ccc(S(=O)(=O)Cn2nnnc2C(C(C)C)N2CCN(c3ccccc3)CC2)cc1. The minimum absolute atomic E-state index is 0.0591. The van der Waals surface area contributed by atoms with E-state index < -0.39 is 9.84 Å². The quantitative estimate of drug-likeness (QED) is 0.543. The highest BCUT2D eigenvalue weighted by Crippen LogP contribution is 2.29. The number of hydrogen-bond donors (Lipinski definition) is 0. The van der Waals surface area contributed by atoms with Gasteiger partial charge in [-0.25, -0.2) is 13.1 Å². The Morgan fingerprint density at radius 1 is 0.938 bits per heavy atom. The van der Waals surface area contributed by atoms with Gasteiger partial charge >= 0.3 is 0 Å². The van der Waals surface area contributed by atoms with Gasteiger partial charge in [-0.2, -0.15) is 0 Å². The van der Waals surface area contributed by atoms with Crippen LogP contribution in [0.15, 0.2) is 59.5 Å². The second-order valence-corrected chi connectivity index (χ2v) is 10.6.